The summed E-state index contributed by atoms with van der Waals surface area (Å²) >= 11 is 0. The van der Waals surface area contributed by atoms with E-state index < -0.39 is 0 Å². The average molecular weight is 285 g/mol. The van der Waals surface area contributed by atoms with Gasteiger partial charge in [0.2, 0.25) is 0 Å². The van der Waals surface area contributed by atoms with Crippen molar-refractivity contribution in [1.82, 2.24) is 4.98 Å². The molecule has 0 radical (unpaired) electrons. The molecule has 1 saturated heterocycles. The van der Waals surface area contributed by atoms with Gasteiger partial charge in [-0.1, -0.05) is 6.07 Å². The van der Waals surface area contributed by atoms with E-state index in [9.17, 15) is 0 Å². The third kappa shape index (κ3) is 2.95. The van der Waals surface area contributed by atoms with Crippen LogP contribution in [0.4, 0.5) is 5.82 Å². The summed E-state index contributed by atoms with van der Waals surface area (Å²) < 4.78 is 5.35. The molecule has 0 aliphatic carbocycles. The van der Waals surface area contributed by atoms with Gasteiger partial charge in [-0.05, 0) is 55.3 Å². The Bertz CT molecular complexity index is 606. The maximum Gasteiger partial charge on any atom is 0.136 e. The Labute approximate surface area is 125 Å². The summed E-state index contributed by atoms with van der Waals surface area (Å²) in [6.45, 7) is 2.93. The summed E-state index contributed by atoms with van der Waals surface area (Å²) in [5, 5.41) is 2.39. The molecule has 1 aliphatic rings. The van der Waals surface area contributed by atoms with Gasteiger partial charge in [-0.15, -0.1) is 0 Å². The molecule has 2 heterocycles. The fourth-order valence-corrected chi connectivity index (χ4v) is 3.18. The van der Waals surface area contributed by atoms with Crippen molar-refractivity contribution in [3.05, 3.63) is 30.5 Å². The fraction of sp³-hybridized carbons (Fsp3) is 0.471. The summed E-state index contributed by atoms with van der Waals surface area (Å²) in [6.07, 6.45) is 5.46. The van der Waals surface area contributed by atoms with Crippen LogP contribution in [0.2, 0.25) is 0 Å². The number of nitrogens with zero attached hydrogens (tertiary/aromatic N) is 2. The Morgan fingerprint density at radius 2 is 2.10 bits per heavy atom. The van der Waals surface area contributed by atoms with Gasteiger partial charge in [0.25, 0.3) is 0 Å². The third-order valence-electron chi connectivity index (χ3n) is 4.44. The zero-order valence-corrected chi connectivity index (χ0v) is 12.6. The van der Waals surface area contributed by atoms with Crippen LogP contribution in [0.1, 0.15) is 19.3 Å². The molecular weight excluding hydrogens is 262 g/mol. The first-order valence-electron chi connectivity index (χ1n) is 7.69. The second-order valence-electron chi connectivity index (χ2n) is 5.73. The van der Waals surface area contributed by atoms with Crippen LogP contribution in [0.5, 0.6) is 5.75 Å². The highest BCUT2D eigenvalue weighted by Crippen LogP contribution is 2.31. The summed E-state index contributed by atoms with van der Waals surface area (Å²) in [6, 6.07) is 8.24. The number of fused-ring (bicyclic) bond motifs is 1. The second-order valence-corrected chi connectivity index (χ2v) is 5.73. The first kappa shape index (κ1) is 14.1. The molecule has 4 heteroatoms. The average Bonchev–Trinajstić information content (AvgIpc) is 2.55. The molecule has 2 N–H and O–H groups in total. The molecule has 1 aliphatic heterocycles. The van der Waals surface area contributed by atoms with Crippen LogP contribution < -0.4 is 15.4 Å². The number of aromatic nitrogens is 1. The number of nitrogens with two attached hydrogens (primary N) is 1. The largest absolute Gasteiger partial charge is 0.497 e. The first-order valence-corrected chi connectivity index (χ1v) is 7.69. The van der Waals surface area contributed by atoms with Crippen molar-refractivity contribution in [2.45, 2.75) is 19.3 Å². The molecular formula is C17H23N3O. The van der Waals surface area contributed by atoms with E-state index in [1.165, 1.54) is 23.6 Å². The van der Waals surface area contributed by atoms with Crippen LogP contribution in [-0.2, 0) is 0 Å². The molecule has 0 atom stereocenters. The van der Waals surface area contributed by atoms with Gasteiger partial charge in [0.1, 0.15) is 11.6 Å². The molecule has 1 aromatic heterocycles. The van der Waals surface area contributed by atoms with Gasteiger partial charge < -0.3 is 15.4 Å². The minimum atomic E-state index is 0.774. The first-order chi connectivity index (χ1) is 10.3. The highest BCUT2D eigenvalue weighted by molar-refractivity contribution is 5.93. The summed E-state index contributed by atoms with van der Waals surface area (Å²) in [4.78, 5) is 7.02. The Morgan fingerprint density at radius 1 is 1.29 bits per heavy atom. The smallest absolute Gasteiger partial charge is 0.136 e. The molecule has 1 aromatic carbocycles. The van der Waals surface area contributed by atoms with Gasteiger partial charge >= 0.3 is 0 Å². The molecule has 2 aromatic rings. The van der Waals surface area contributed by atoms with E-state index in [1.807, 2.05) is 12.3 Å². The normalized spacial score (nSPS) is 16.4. The van der Waals surface area contributed by atoms with Gasteiger partial charge in [0.15, 0.2) is 0 Å². The predicted molar refractivity (Wildman–Crippen MR) is 86.9 cm³/mol. The van der Waals surface area contributed by atoms with Crippen molar-refractivity contribution in [2.24, 2.45) is 11.7 Å². The van der Waals surface area contributed by atoms with E-state index in [4.69, 9.17) is 10.5 Å². The van der Waals surface area contributed by atoms with Crippen molar-refractivity contribution in [1.29, 1.82) is 0 Å². The highest BCUT2D eigenvalue weighted by Gasteiger charge is 2.21. The molecule has 0 amide bonds. The fourth-order valence-electron chi connectivity index (χ4n) is 3.18. The molecule has 112 valence electrons. The summed E-state index contributed by atoms with van der Waals surface area (Å²) in [5.74, 6) is 2.74. The standard InChI is InChI=1S/C17H23N3O/c1-21-15-3-2-14-5-9-19-17(16(14)12-15)20-10-6-13(4-8-18)7-11-20/h2-3,5,9,12-13H,4,6-8,10-11,18H2,1H3. The molecule has 21 heavy (non-hydrogen) atoms. The van der Waals surface area contributed by atoms with Crippen LogP contribution in [-0.4, -0.2) is 31.7 Å². The van der Waals surface area contributed by atoms with Crippen LogP contribution in [0, 0.1) is 5.92 Å². The van der Waals surface area contributed by atoms with Crippen LogP contribution in [0.15, 0.2) is 30.5 Å². The maximum atomic E-state index is 5.67. The lowest BCUT2D eigenvalue weighted by Crippen LogP contribution is -2.34. The monoisotopic (exact) mass is 285 g/mol. The van der Waals surface area contributed by atoms with Gasteiger partial charge in [0.05, 0.1) is 7.11 Å². The van der Waals surface area contributed by atoms with E-state index in [-0.39, 0.29) is 0 Å². The van der Waals surface area contributed by atoms with E-state index in [1.54, 1.807) is 7.11 Å². The zero-order valence-electron chi connectivity index (χ0n) is 12.6. The molecule has 0 bridgehead atoms. The predicted octanol–water partition coefficient (Wildman–Crippen LogP) is 2.81. The van der Waals surface area contributed by atoms with E-state index in [2.05, 4.69) is 28.1 Å². The van der Waals surface area contributed by atoms with Crippen molar-refractivity contribution in [2.75, 3.05) is 31.6 Å². The molecule has 1 fully saturated rings. The number of benzene rings is 1. The van der Waals surface area contributed by atoms with Crippen molar-refractivity contribution in [3.8, 4) is 5.75 Å². The van der Waals surface area contributed by atoms with Crippen LogP contribution in [0.25, 0.3) is 10.8 Å². The number of ether oxygens (including phenoxy) is 1. The number of pyridine rings is 1. The number of hydrogen-bond donors (Lipinski definition) is 1. The van der Waals surface area contributed by atoms with Crippen molar-refractivity contribution in [3.63, 3.8) is 0 Å². The Hall–Kier alpha value is -1.81. The second kappa shape index (κ2) is 6.31. The van der Waals surface area contributed by atoms with Crippen molar-refractivity contribution >= 4 is 16.6 Å². The number of anilines is 1. The van der Waals surface area contributed by atoms with Gasteiger partial charge in [-0.2, -0.15) is 0 Å². The number of methoxy groups -OCH3 is 1. The van der Waals surface area contributed by atoms with Crippen LogP contribution >= 0.6 is 0 Å². The zero-order chi connectivity index (χ0) is 14.7. The third-order valence-corrected chi connectivity index (χ3v) is 4.44. The van der Waals surface area contributed by atoms with E-state index in [0.29, 0.717) is 0 Å². The van der Waals surface area contributed by atoms with E-state index in [0.717, 1.165) is 43.5 Å². The minimum Gasteiger partial charge on any atom is -0.497 e. The molecule has 0 saturated carbocycles. The SMILES string of the molecule is COc1ccc2ccnc(N3CCC(CCN)CC3)c2c1. The quantitative estimate of drug-likeness (QED) is 0.938. The number of piperidine rings is 1. The Kier molecular flexibility index (Phi) is 4.25. The lowest BCUT2D eigenvalue weighted by atomic mass is 9.93. The van der Waals surface area contributed by atoms with E-state index >= 15 is 0 Å². The maximum absolute atomic E-state index is 5.67. The lowest BCUT2D eigenvalue weighted by molar-refractivity contribution is 0.385. The van der Waals surface area contributed by atoms with Crippen molar-refractivity contribution < 1.29 is 4.74 Å². The topological polar surface area (TPSA) is 51.4 Å². The summed E-state index contributed by atoms with van der Waals surface area (Å²) in [5.41, 5.74) is 5.67. The molecule has 0 unspecified atom stereocenters. The molecule has 4 nitrogen and oxygen atoms in total. The van der Waals surface area contributed by atoms with Gasteiger partial charge in [0, 0.05) is 24.7 Å². The highest BCUT2D eigenvalue weighted by atomic mass is 16.5. The lowest BCUT2D eigenvalue weighted by Gasteiger charge is -2.33. The molecule has 0 spiro atoms. The Morgan fingerprint density at radius 3 is 2.81 bits per heavy atom. The Balaban J connectivity index is 1.87. The summed E-state index contributed by atoms with van der Waals surface area (Å²) in [7, 11) is 1.70. The van der Waals surface area contributed by atoms with Gasteiger partial charge in [-0.25, -0.2) is 4.98 Å². The van der Waals surface area contributed by atoms with Crippen LogP contribution in [0.3, 0.4) is 0 Å². The number of rotatable bonds is 4. The number of hydrogen-bond acceptors (Lipinski definition) is 4. The molecule has 3 rings (SSSR count). The minimum absolute atomic E-state index is 0.774. The van der Waals surface area contributed by atoms with Gasteiger partial charge in [-0.3, -0.25) is 0 Å².